The molecule has 1 fully saturated rings. The fourth-order valence-corrected chi connectivity index (χ4v) is 2.77. The molecular weight excluding hydrogens is 379 g/mol. The van der Waals surface area contributed by atoms with Crippen molar-refractivity contribution in [2.75, 3.05) is 36.5 Å². The van der Waals surface area contributed by atoms with Crippen LogP contribution >= 0.6 is 0 Å². The van der Waals surface area contributed by atoms with Crippen LogP contribution in [-0.2, 0) is 4.74 Å². The Morgan fingerprint density at radius 2 is 2.14 bits per heavy atom. The van der Waals surface area contributed by atoms with Gasteiger partial charge in [-0.1, -0.05) is 0 Å². The lowest BCUT2D eigenvalue weighted by Crippen LogP contribution is -2.27. The number of ether oxygens (including phenoxy) is 2. The zero-order valence-corrected chi connectivity index (χ0v) is 15.5. The first-order valence-corrected chi connectivity index (χ1v) is 9.03. The van der Waals surface area contributed by atoms with Gasteiger partial charge in [-0.3, -0.25) is 4.90 Å². The van der Waals surface area contributed by atoms with Gasteiger partial charge in [-0.15, -0.1) is 0 Å². The maximum Gasteiger partial charge on any atom is 0.414 e. The maximum atomic E-state index is 14.3. The molecule has 2 aromatic carbocycles. The third kappa shape index (κ3) is 5.13. The number of aliphatic hydroxyl groups is 1. The van der Waals surface area contributed by atoms with E-state index in [0.717, 1.165) is 5.69 Å². The number of aliphatic hydroxyl groups excluding tert-OH is 1. The van der Waals surface area contributed by atoms with Gasteiger partial charge in [0, 0.05) is 24.8 Å². The standard InChI is InChI=1S/C20H21FN4O4/c21-18-7-15(25-11-17(9-23)29-20(25)27)5-6-19(18)28-12-16(26)10-24-14-3-1-13(8-22)2-4-14/h1-7,16-17,24,26H,9-12,23H2/t16?,17-/m1/s1. The molecule has 3 rings (SSSR count). The normalized spacial score (nSPS) is 16.8. The first kappa shape index (κ1) is 20.4. The van der Waals surface area contributed by atoms with Crippen LogP contribution in [0.1, 0.15) is 5.56 Å². The van der Waals surface area contributed by atoms with Gasteiger partial charge in [0.25, 0.3) is 0 Å². The van der Waals surface area contributed by atoms with Crippen molar-refractivity contribution in [1.29, 1.82) is 5.26 Å². The van der Waals surface area contributed by atoms with E-state index < -0.39 is 24.1 Å². The average Bonchev–Trinajstić information content (AvgIpc) is 3.12. The predicted molar refractivity (Wildman–Crippen MR) is 104 cm³/mol. The molecule has 4 N–H and O–H groups in total. The molecule has 1 heterocycles. The van der Waals surface area contributed by atoms with Gasteiger partial charge >= 0.3 is 6.09 Å². The molecule has 29 heavy (non-hydrogen) atoms. The van der Waals surface area contributed by atoms with Gasteiger partial charge in [0.15, 0.2) is 11.6 Å². The molecule has 1 unspecified atom stereocenters. The van der Waals surface area contributed by atoms with Crippen LogP contribution in [0.2, 0.25) is 0 Å². The minimum absolute atomic E-state index is 0.0332. The van der Waals surface area contributed by atoms with E-state index in [-0.39, 0.29) is 32.0 Å². The smallest absolute Gasteiger partial charge is 0.414 e. The highest BCUT2D eigenvalue weighted by atomic mass is 19.1. The lowest BCUT2D eigenvalue weighted by molar-refractivity contribution is 0.115. The Morgan fingerprint density at radius 1 is 1.38 bits per heavy atom. The Morgan fingerprint density at radius 3 is 2.76 bits per heavy atom. The van der Waals surface area contributed by atoms with Gasteiger partial charge in [-0.2, -0.15) is 5.26 Å². The van der Waals surface area contributed by atoms with Crippen molar-refractivity contribution in [2.45, 2.75) is 12.2 Å². The van der Waals surface area contributed by atoms with Crippen molar-refractivity contribution in [3.63, 3.8) is 0 Å². The molecule has 1 aliphatic heterocycles. The molecule has 1 amide bonds. The fraction of sp³-hybridized carbons (Fsp3) is 0.300. The maximum absolute atomic E-state index is 14.3. The van der Waals surface area contributed by atoms with Crippen LogP contribution in [-0.4, -0.2) is 49.6 Å². The number of nitriles is 1. The molecule has 2 aromatic rings. The van der Waals surface area contributed by atoms with Gasteiger partial charge in [0.2, 0.25) is 0 Å². The first-order chi connectivity index (χ1) is 14.0. The molecule has 1 saturated heterocycles. The molecular formula is C20H21FN4O4. The van der Waals surface area contributed by atoms with Crippen molar-refractivity contribution in [3.05, 3.63) is 53.8 Å². The molecule has 0 spiro atoms. The fourth-order valence-electron chi connectivity index (χ4n) is 2.77. The number of rotatable bonds is 8. The Hall–Kier alpha value is -3.35. The van der Waals surface area contributed by atoms with Crippen LogP contribution in [0.3, 0.4) is 0 Å². The third-order valence-corrected chi connectivity index (χ3v) is 4.35. The topological polar surface area (TPSA) is 121 Å². The lowest BCUT2D eigenvalue weighted by atomic mass is 10.2. The van der Waals surface area contributed by atoms with Crippen LogP contribution in [0.25, 0.3) is 0 Å². The number of nitrogens with one attached hydrogen (secondary N) is 1. The summed E-state index contributed by atoms with van der Waals surface area (Å²) in [7, 11) is 0. The number of nitrogens with zero attached hydrogens (tertiary/aromatic N) is 2. The molecule has 0 aromatic heterocycles. The average molecular weight is 400 g/mol. The molecule has 9 heteroatoms. The van der Waals surface area contributed by atoms with Gasteiger partial charge in [0.1, 0.15) is 18.8 Å². The Balaban J connectivity index is 1.51. The minimum atomic E-state index is -0.886. The number of carbonyl (C=O) groups is 1. The van der Waals surface area contributed by atoms with Gasteiger partial charge in [0.05, 0.1) is 23.9 Å². The number of hydrogen-bond donors (Lipinski definition) is 3. The number of hydrogen-bond acceptors (Lipinski definition) is 7. The van der Waals surface area contributed by atoms with Crippen molar-refractivity contribution in [2.24, 2.45) is 5.73 Å². The van der Waals surface area contributed by atoms with Crippen molar-refractivity contribution in [3.8, 4) is 11.8 Å². The summed E-state index contributed by atoms with van der Waals surface area (Å²) >= 11 is 0. The summed E-state index contributed by atoms with van der Waals surface area (Å²) in [6.45, 7) is 0.515. The first-order valence-electron chi connectivity index (χ1n) is 9.03. The quantitative estimate of drug-likeness (QED) is 0.618. The summed E-state index contributed by atoms with van der Waals surface area (Å²) in [5, 5.41) is 21.8. The van der Waals surface area contributed by atoms with E-state index in [0.29, 0.717) is 11.3 Å². The van der Waals surface area contributed by atoms with E-state index in [2.05, 4.69) is 5.32 Å². The summed E-state index contributed by atoms with van der Waals surface area (Å²) in [5.74, 6) is -0.687. The van der Waals surface area contributed by atoms with E-state index in [1.807, 2.05) is 6.07 Å². The monoisotopic (exact) mass is 400 g/mol. The van der Waals surface area contributed by atoms with E-state index in [9.17, 15) is 14.3 Å². The molecule has 1 aliphatic rings. The Labute approximate surface area is 167 Å². The number of cyclic esters (lactones) is 1. The number of carbonyl (C=O) groups excluding carboxylic acids is 1. The summed E-state index contributed by atoms with van der Waals surface area (Å²) < 4.78 is 24.7. The second-order valence-electron chi connectivity index (χ2n) is 6.50. The van der Waals surface area contributed by atoms with E-state index >= 15 is 0 Å². The van der Waals surface area contributed by atoms with Crippen LogP contribution in [0, 0.1) is 17.1 Å². The summed E-state index contributed by atoms with van der Waals surface area (Å²) in [5.41, 5.74) is 7.12. The molecule has 0 aliphatic carbocycles. The largest absolute Gasteiger partial charge is 0.488 e. The van der Waals surface area contributed by atoms with Crippen LogP contribution < -0.4 is 20.7 Å². The third-order valence-electron chi connectivity index (χ3n) is 4.35. The van der Waals surface area contributed by atoms with Crippen LogP contribution in [0.4, 0.5) is 20.6 Å². The number of amides is 1. The van der Waals surface area contributed by atoms with Crippen molar-refractivity contribution < 1.29 is 23.8 Å². The molecule has 0 radical (unpaired) electrons. The molecule has 0 bridgehead atoms. The van der Waals surface area contributed by atoms with E-state index in [1.54, 1.807) is 30.3 Å². The minimum Gasteiger partial charge on any atom is -0.488 e. The predicted octanol–water partition coefficient (Wildman–Crippen LogP) is 1.83. The number of anilines is 2. The zero-order valence-electron chi connectivity index (χ0n) is 15.5. The Bertz CT molecular complexity index is 900. The highest BCUT2D eigenvalue weighted by Crippen LogP contribution is 2.27. The number of benzene rings is 2. The van der Waals surface area contributed by atoms with E-state index in [4.69, 9.17) is 20.5 Å². The Kier molecular flexibility index (Phi) is 6.49. The second-order valence-corrected chi connectivity index (χ2v) is 6.50. The highest BCUT2D eigenvalue weighted by Gasteiger charge is 2.31. The molecule has 2 atom stereocenters. The highest BCUT2D eigenvalue weighted by molar-refractivity contribution is 5.89. The summed E-state index contributed by atoms with van der Waals surface area (Å²) in [6.07, 6.45) is -1.87. The van der Waals surface area contributed by atoms with Crippen molar-refractivity contribution >= 4 is 17.5 Å². The summed E-state index contributed by atoms with van der Waals surface area (Å²) in [4.78, 5) is 13.1. The van der Waals surface area contributed by atoms with Crippen LogP contribution in [0.15, 0.2) is 42.5 Å². The van der Waals surface area contributed by atoms with Gasteiger partial charge in [-0.25, -0.2) is 9.18 Å². The zero-order chi connectivity index (χ0) is 20.8. The molecule has 0 saturated carbocycles. The van der Waals surface area contributed by atoms with E-state index in [1.165, 1.54) is 17.0 Å². The molecule has 152 valence electrons. The lowest BCUT2D eigenvalue weighted by Gasteiger charge is -2.16. The SMILES string of the molecule is N#Cc1ccc(NCC(O)COc2ccc(N3C[C@@H](CN)OC3=O)cc2F)cc1. The second kappa shape index (κ2) is 9.23. The van der Waals surface area contributed by atoms with Crippen molar-refractivity contribution in [1.82, 2.24) is 0 Å². The van der Waals surface area contributed by atoms with Gasteiger partial charge in [-0.05, 0) is 36.4 Å². The number of halogens is 1. The molecule has 8 nitrogen and oxygen atoms in total. The summed E-state index contributed by atoms with van der Waals surface area (Å²) in [6, 6.07) is 12.9. The number of nitrogens with two attached hydrogens (primary N) is 1. The van der Waals surface area contributed by atoms with Crippen LogP contribution in [0.5, 0.6) is 5.75 Å². The van der Waals surface area contributed by atoms with Gasteiger partial charge < -0.3 is 25.6 Å².